The molecule has 0 radical (unpaired) electrons. The molecule has 8 nitrogen and oxygen atoms in total. The highest BCUT2D eigenvalue weighted by molar-refractivity contribution is 7.88. The average Bonchev–Trinajstić information content (AvgIpc) is 3.14. The van der Waals surface area contributed by atoms with Crippen LogP contribution in [0.5, 0.6) is 0 Å². The van der Waals surface area contributed by atoms with Gasteiger partial charge in [-0.2, -0.15) is 4.31 Å². The van der Waals surface area contributed by atoms with E-state index in [1.54, 1.807) is 4.68 Å². The largest absolute Gasteiger partial charge is 0.469 e. The van der Waals surface area contributed by atoms with Gasteiger partial charge in [-0.15, -0.1) is 5.10 Å². The van der Waals surface area contributed by atoms with E-state index in [2.05, 4.69) is 10.3 Å². The summed E-state index contributed by atoms with van der Waals surface area (Å²) in [4.78, 5) is 11.5. The third-order valence-corrected chi connectivity index (χ3v) is 5.76. The molecule has 1 aromatic heterocycles. The maximum Gasteiger partial charge on any atom is 0.309 e. The van der Waals surface area contributed by atoms with E-state index in [1.165, 1.54) is 17.7 Å². The van der Waals surface area contributed by atoms with Gasteiger partial charge in [0, 0.05) is 13.1 Å². The Labute approximate surface area is 176 Å². The Kier molecular flexibility index (Phi) is 6.63. The SMILES string of the molecule is COC(=O)Cc1cccc(CN(Cc2ccc(-n3cc(C)nn3)cc2)S(C)(=O)=O)c1. The fraction of sp³-hybridized carbons (Fsp3) is 0.286. The molecule has 2 aromatic carbocycles. The molecule has 0 N–H and O–H groups in total. The number of rotatable bonds is 8. The Hall–Kier alpha value is -3.04. The molecule has 0 spiro atoms. The number of carbonyl (C=O) groups is 1. The second kappa shape index (κ2) is 9.19. The van der Waals surface area contributed by atoms with Gasteiger partial charge in [0.05, 0.1) is 37.4 Å². The average molecular weight is 429 g/mol. The van der Waals surface area contributed by atoms with Crippen LogP contribution < -0.4 is 0 Å². The van der Waals surface area contributed by atoms with Gasteiger partial charge < -0.3 is 4.74 Å². The van der Waals surface area contributed by atoms with Gasteiger partial charge in [-0.3, -0.25) is 4.79 Å². The second-order valence-corrected chi connectivity index (χ2v) is 9.06. The molecule has 158 valence electrons. The number of aromatic nitrogens is 3. The smallest absolute Gasteiger partial charge is 0.309 e. The van der Waals surface area contributed by atoms with E-state index in [0.717, 1.165) is 28.1 Å². The van der Waals surface area contributed by atoms with Crippen LogP contribution in [0.4, 0.5) is 0 Å². The molecule has 0 bridgehead atoms. The third-order valence-electron chi connectivity index (χ3n) is 4.56. The second-order valence-electron chi connectivity index (χ2n) is 7.07. The van der Waals surface area contributed by atoms with Crippen molar-refractivity contribution in [3.05, 3.63) is 77.1 Å². The molecule has 30 heavy (non-hydrogen) atoms. The van der Waals surface area contributed by atoms with Gasteiger partial charge in [-0.1, -0.05) is 41.6 Å². The molecule has 0 aliphatic rings. The molecular weight excluding hydrogens is 404 g/mol. The molecule has 0 atom stereocenters. The van der Waals surface area contributed by atoms with Crippen molar-refractivity contribution in [2.45, 2.75) is 26.4 Å². The minimum Gasteiger partial charge on any atom is -0.469 e. The molecule has 0 aliphatic heterocycles. The monoisotopic (exact) mass is 428 g/mol. The first kappa shape index (κ1) is 21.7. The Bertz CT molecular complexity index is 1120. The standard InChI is InChI=1S/C21H24N4O4S/c1-16-13-25(23-22-16)20-9-7-17(8-10-20)14-24(30(3,27)28)15-19-6-4-5-18(11-19)12-21(26)29-2/h4-11,13H,12,14-15H2,1-3H3. The molecule has 0 fully saturated rings. The van der Waals surface area contributed by atoms with Crippen LogP contribution in [0.1, 0.15) is 22.4 Å². The number of carbonyl (C=O) groups excluding carboxylic acids is 1. The summed E-state index contributed by atoms with van der Waals surface area (Å²) < 4.78 is 32.5. The zero-order valence-electron chi connectivity index (χ0n) is 17.1. The van der Waals surface area contributed by atoms with E-state index in [-0.39, 0.29) is 25.5 Å². The van der Waals surface area contributed by atoms with Gasteiger partial charge in [0.2, 0.25) is 10.0 Å². The van der Waals surface area contributed by atoms with Crippen LogP contribution in [0.15, 0.2) is 54.7 Å². The van der Waals surface area contributed by atoms with Crippen molar-refractivity contribution in [2.24, 2.45) is 0 Å². The lowest BCUT2D eigenvalue weighted by Crippen LogP contribution is -2.29. The summed E-state index contributed by atoms with van der Waals surface area (Å²) in [5.74, 6) is -0.338. The van der Waals surface area contributed by atoms with Crippen LogP contribution in [-0.2, 0) is 39.1 Å². The summed E-state index contributed by atoms with van der Waals surface area (Å²) in [5.41, 5.74) is 4.10. The van der Waals surface area contributed by atoms with Crippen molar-refractivity contribution >= 4 is 16.0 Å². The zero-order valence-corrected chi connectivity index (χ0v) is 18.0. The highest BCUT2D eigenvalue weighted by Gasteiger charge is 2.18. The molecule has 0 saturated carbocycles. The minimum absolute atomic E-state index is 0.145. The number of aryl methyl sites for hydroxylation is 1. The first-order valence-electron chi connectivity index (χ1n) is 9.32. The molecule has 1 heterocycles. The Morgan fingerprint density at radius 2 is 1.73 bits per heavy atom. The molecule has 0 amide bonds. The molecule has 3 rings (SSSR count). The third kappa shape index (κ3) is 5.74. The summed E-state index contributed by atoms with van der Waals surface area (Å²) in [7, 11) is -2.11. The van der Waals surface area contributed by atoms with E-state index in [9.17, 15) is 13.2 Å². The van der Waals surface area contributed by atoms with Gasteiger partial charge in [-0.25, -0.2) is 13.1 Å². The summed E-state index contributed by atoms with van der Waals surface area (Å²) in [6, 6.07) is 14.8. The number of methoxy groups -OCH3 is 1. The number of ether oxygens (including phenoxy) is 1. The molecule has 0 aliphatic carbocycles. The van der Waals surface area contributed by atoms with E-state index in [1.807, 2.05) is 61.7 Å². The van der Waals surface area contributed by atoms with Crippen LogP contribution in [0.25, 0.3) is 5.69 Å². The maximum absolute atomic E-state index is 12.4. The van der Waals surface area contributed by atoms with Gasteiger partial charge in [0.15, 0.2) is 0 Å². The maximum atomic E-state index is 12.4. The lowest BCUT2D eigenvalue weighted by atomic mass is 10.1. The van der Waals surface area contributed by atoms with Gasteiger partial charge >= 0.3 is 5.97 Å². The summed E-state index contributed by atoms with van der Waals surface area (Å²) in [6.07, 6.45) is 3.16. The van der Waals surface area contributed by atoms with E-state index in [4.69, 9.17) is 4.74 Å². The van der Waals surface area contributed by atoms with Crippen molar-refractivity contribution in [3.63, 3.8) is 0 Å². The Morgan fingerprint density at radius 3 is 2.33 bits per heavy atom. The fourth-order valence-electron chi connectivity index (χ4n) is 3.00. The van der Waals surface area contributed by atoms with Crippen molar-refractivity contribution in [2.75, 3.05) is 13.4 Å². The van der Waals surface area contributed by atoms with Crippen LogP contribution in [0, 0.1) is 6.92 Å². The number of hydrogen-bond donors (Lipinski definition) is 0. The number of nitrogens with zero attached hydrogens (tertiary/aromatic N) is 4. The van der Waals surface area contributed by atoms with Crippen LogP contribution >= 0.6 is 0 Å². The molecule has 0 saturated heterocycles. The van der Waals surface area contributed by atoms with E-state index < -0.39 is 10.0 Å². The van der Waals surface area contributed by atoms with Gasteiger partial charge in [-0.05, 0) is 35.7 Å². The van der Waals surface area contributed by atoms with Crippen molar-refractivity contribution < 1.29 is 17.9 Å². The predicted octanol–water partition coefficient (Wildman–Crippen LogP) is 2.25. The summed E-state index contributed by atoms with van der Waals surface area (Å²) in [6.45, 7) is 2.30. The Balaban J connectivity index is 1.76. The van der Waals surface area contributed by atoms with Crippen molar-refractivity contribution in [3.8, 4) is 5.69 Å². The topological polar surface area (TPSA) is 94.4 Å². The van der Waals surface area contributed by atoms with Crippen LogP contribution in [0.3, 0.4) is 0 Å². The fourth-order valence-corrected chi connectivity index (χ4v) is 3.77. The highest BCUT2D eigenvalue weighted by Crippen LogP contribution is 2.17. The molecule has 9 heteroatoms. The van der Waals surface area contributed by atoms with E-state index >= 15 is 0 Å². The number of benzene rings is 2. The van der Waals surface area contributed by atoms with Crippen molar-refractivity contribution in [1.82, 2.24) is 19.3 Å². The van der Waals surface area contributed by atoms with Crippen molar-refractivity contribution in [1.29, 1.82) is 0 Å². The van der Waals surface area contributed by atoms with Crippen LogP contribution in [0.2, 0.25) is 0 Å². The first-order chi connectivity index (χ1) is 14.2. The quantitative estimate of drug-likeness (QED) is 0.511. The number of sulfonamides is 1. The zero-order chi connectivity index (χ0) is 21.7. The number of hydrogen-bond acceptors (Lipinski definition) is 6. The van der Waals surface area contributed by atoms with Gasteiger partial charge in [0.25, 0.3) is 0 Å². The van der Waals surface area contributed by atoms with E-state index in [0.29, 0.717) is 0 Å². The first-order valence-corrected chi connectivity index (χ1v) is 11.2. The lowest BCUT2D eigenvalue weighted by molar-refractivity contribution is -0.139. The Morgan fingerprint density at radius 1 is 1.07 bits per heavy atom. The molecule has 3 aromatic rings. The highest BCUT2D eigenvalue weighted by atomic mass is 32.2. The lowest BCUT2D eigenvalue weighted by Gasteiger charge is -2.20. The molecule has 0 unspecified atom stereocenters. The van der Waals surface area contributed by atoms with Crippen LogP contribution in [-0.4, -0.2) is 47.1 Å². The normalized spacial score (nSPS) is 11.6. The number of esters is 1. The van der Waals surface area contributed by atoms with Gasteiger partial charge in [0.1, 0.15) is 0 Å². The minimum atomic E-state index is -3.45. The summed E-state index contributed by atoms with van der Waals surface area (Å²) >= 11 is 0. The summed E-state index contributed by atoms with van der Waals surface area (Å²) in [5, 5.41) is 8.00. The molecular formula is C21H24N4O4S. The predicted molar refractivity (Wildman–Crippen MR) is 112 cm³/mol.